The Hall–Kier alpha value is -0.487. The third kappa shape index (κ3) is 4.57. The summed E-state index contributed by atoms with van der Waals surface area (Å²) in [6, 6.07) is 22.5. The Morgan fingerprint density at radius 2 is 1.46 bits per heavy atom. The number of fused-ring (bicyclic) bond motifs is 1. The standard InChI is InChI=1S/C21H21.2ClH.Zr/c1-2-6-16(7-3-1)17-10-12-18(13-11-17)21-14-19-8-4-5-9-20(19)15-21;;;/h4-5,8-16H,1-3,6-7H2;2*1H;/q-1;;;+3/p-2. The summed E-state index contributed by atoms with van der Waals surface area (Å²) < 4.78 is 0. The minimum Gasteiger partial charge on any atom is -1.00 e. The summed E-state index contributed by atoms with van der Waals surface area (Å²) in [5.74, 6) is 0.798. The van der Waals surface area contributed by atoms with Gasteiger partial charge in [0.15, 0.2) is 0 Å². The second-order valence-corrected chi connectivity index (χ2v) is 6.33. The van der Waals surface area contributed by atoms with Gasteiger partial charge >= 0.3 is 26.2 Å². The molecule has 0 unspecified atom stereocenters. The van der Waals surface area contributed by atoms with Gasteiger partial charge in [0.05, 0.1) is 0 Å². The van der Waals surface area contributed by atoms with Crippen molar-refractivity contribution in [2.45, 2.75) is 38.0 Å². The first kappa shape index (κ1) is 21.6. The fourth-order valence-corrected chi connectivity index (χ4v) is 3.70. The Kier molecular flexibility index (Phi) is 8.85. The quantitative estimate of drug-likeness (QED) is 0.508. The summed E-state index contributed by atoms with van der Waals surface area (Å²) in [6.45, 7) is 0. The molecular weight excluding hydrogens is 414 g/mol. The first-order valence-corrected chi connectivity index (χ1v) is 8.16. The maximum atomic E-state index is 2.35. The normalized spacial score (nSPS) is 14.3. The third-order valence-electron chi connectivity index (χ3n) is 4.94. The van der Waals surface area contributed by atoms with Crippen LogP contribution >= 0.6 is 0 Å². The van der Waals surface area contributed by atoms with Gasteiger partial charge in [0.25, 0.3) is 0 Å². The Labute approximate surface area is 176 Å². The van der Waals surface area contributed by atoms with Crippen LogP contribution in [0.4, 0.5) is 0 Å². The average molecular weight is 436 g/mol. The summed E-state index contributed by atoms with van der Waals surface area (Å²) in [4.78, 5) is 0. The number of hydrogen-bond donors (Lipinski definition) is 0. The van der Waals surface area contributed by atoms with E-state index in [1.807, 2.05) is 0 Å². The van der Waals surface area contributed by atoms with E-state index in [1.165, 1.54) is 59.6 Å². The molecule has 1 radical (unpaired) electrons. The van der Waals surface area contributed by atoms with E-state index >= 15 is 0 Å². The van der Waals surface area contributed by atoms with Gasteiger partial charge < -0.3 is 24.8 Å². The minimum atomic E-state index is 0. The predicted octanol–water partition coefficient (Wildman–Crippen LogP) is 0.279. The van der Waals surface area contributed by atoms with Crippen molar-refractivity contribution in [3.05, 3.63) is 66.2 Å². The molecular formula is C21H21Cl2Zr. The number of halogens is 2. The van der Waals surface area contributed by atoms with Crippen LogP contribution in [0.25, 0.3) is 21.9 Å². The molecule has 4 rings (SSSR count). The molecule has 1 fully saturated rings. The molecule has 24 heavy (non-hydrogen) atoms. The fourth-order valence-electron chi connectivity index (χ4n) is 3.70. The maximum Gasteiger partial charge on any atom is 3.00 e. The molecule has 0 N–H and O–H groups in total. The van der Waals surface area contributed by atoms with Crippen molar-refractivity contribution in [3.63, 3.8) is 0 Å². The van der Waals surface area contributed by atoms with E-state index in [2.05, 4.69) is 60.7 Å². The van der Waals surface area contributed by atoms with Crippen LogP contribution in [0.1, 0.15) is 43.6 Å². The monoisotopic (exact) mass is 433 g/mol. The molecule has 1 aliphatic carbocycles. The molecule has 3 aromatic rings. The number of rotatable bonds is 2. The van der Waals surface area contributed by atoms with Gasteiger partial charge in [-0.2, -0.15) is 0 Å². The van der Waals surface area contributed by atoms with Gasteiger partial charge in [0.2, 0.25) is 0 Å². The molecule has 1 aliphatic rings. The molecule has 0 bridgehead atoms. The van der Waals surface area contributed by atoms with Gasteiger partial charge in [-0.1, -0.05) is 67.3 Å². The molecule has 3 heteroatoms. The summed E-state index contributed by atoms with van der Waals surface area (Å²) in [5.41, 5.74) is 4.21. The van der Waals surface area contributed by atoms with Crippen molar-refractivity contribution < 1.29 is 51.0 Å². The summed E-state index contributed by atoms with van der Waals surface area (Å²) >= 11 is 0. The van der Waals surface area contributed by atoms with Crippen molar-refractivity contribution >= 4 is 10.8 Å². The molecule has 0 heterocycles. The molecule has 0 nitrogen and oxygen atoms in total. The minimum absolute atomic E-state index is 0. The fraction of sp³-hybridized carbons (Fsp3) is 0.286. The number of hydrogen-bond acceptors (Lipinski definition) is 0. The largest absolute Gasteiger partial charge is 3.00 e. The van der Waals surface area contributed by atoms with Crippen molar-refractivity contribution in [2.75, 3.05) is 0 Å². The van der Waals surface area contributed by atoms with Crippen LogP contribution in [0.15, 0.2) is 60.7 Å². The van der Waals surface area contributed by atoms with Crippen LogP contribution in [0.2, 0.25) is 0 Å². The molecule has 1 saturated carbocycles. The van der Waals surface area contributed by atoms with E-state index in [0.717, 1.165) is 5.92 Å². The van der Waals surface area contributed by atoms with E-state index < -0.39 is 0 Å². The molecule has 0 aliphatic heterocycles. The van der Waals surface area contributed by atoms with E-state index in [0.29, 0.717) is 0 Å². The van der Waals surface area contributed by atoms with Gasteiger partial charge in [-0.15, -0.1) is 34.5 Å². The smallest absolute Gasteiger partial charge is 1.00 e. The molecule has 123 valence electrons. The molecule has 0 atom stereocenters. The van der Waals surface area contributed by atoms with Crippen molar-refractivity contribution in [1.82, 2.24) is 0 Å². The average Bonchev–Trinajstić information content (AvgIpc) is 3.00. The molecule has 0 amide bonds. The Morgan fingerprint density at radius 3 is 2.12 bits per heavy atom. The van der Waals surface area contributed by atoms with E-state index in [1.54, 1.807) is 0 Å². The first-order chi connectivity index (χ1) is 10.4. The van der Waals surface area contributed by atoms with Crippen LogP contribution < -0.4 is 24.8 Å². The van der Waals surface area contributed by atoms with Gasteiger partial charge in [-0.25, -0.2) is 0 Å². The summed E-state index contributed by atoms with van der Waals surface area (Å²) in [6.07, 6.45) is 6.98. The van der Waals surface area contributed by atoms with E-state index in [-0.39, 0.29) is 51.0 Å². The van der Waals surface area contributed by atoms with Crippen molar-refractivity contribution in [2.24, 2.45) is 0 Å². The molecule has 0 spiro atoms. The summed E-state index contributed by atoms with van der Waals surface area (Å²) in [7, 11) is 0. The van der Waals surface area contributed by atoms with Crippen LogP contribution in [-0.2, 0) is 26.2 Å². The zero-order valence-electron chi connectivity index (χ0n) is 13.6. The Morgan fingerprint density at radius 1 is 0.792 bits per heavy atom. The van der Waals surface area contributed by atoms with E-state index in [9.17, 15) is 0 Å². The van der Waals surface area contributed by atoms with Gasteiger partial charge in [-0.05, 0) is 24.3 Å². The van der Waals surface area contributed by atoms with Crippen LogP contribution in [0, 0.1) is 0 Å². The SMILES string of the molecule is [Cl-].[Cl-].[Zr+3].c1ccc2[cH-]c(-c3ccc(C4CCCCC4)cc3)cc2c1. The van der Waals surface area contributed by atoms with Gasteiger partial charge in [0.1, 0.15) is 0 Å². The van der Waals surface area contributed by atoms with Crippen LogP contribution in [0.3, 0.4) is 0 Å². The van der Waals surface area contributed by atoms with Crippen molar-refractivity contribution in [1.29, 1.82) is 0 Å². The van der Waals surface area contributed by atoms with Gasteiger partial charge in [-0.3, -0.25) is 0 Å². The van der Waals surface area contributed by atoms with Crippen LogP contribution in [-0.4, -0.2) is 0 Å². The molecule has 0 saturated heterocycles. The maximum absolute atomic E-state index is 2.35. The second-order valence-electron chi connectivity index (χ2n) is 6.33. The zero-order valence-corrected chi connectivity index (χ0v) is 17.6. The third-order valence-corrected chi connectivity index (χ3v) is 4.94. The molecule has 0 aromatic heterocycles. The molecule has 3 aromatic carbocycles. The first-order valence-electron chi connectivity index (χ1n) is 8.16. The second kappa shape index (κ2) is 9.86. The van der Waals surface area contributed by atoms with E-state index in [4.69, 9.17) is 0 Å². The Bertz CT molecular complexity index is 707. The number of benzene rings is 2. The van der Waals surface area contributed by atoms with Crippen molar-refractivity contribution in [3.8, 4) is 11.1 Å². The van der Waals surface area contributed by atoms with Crippen LogP contribution in [0.5, 0.6) is 0 Å². The topological polar surface area (TPSA) is 0 Å². The zero-order chi connectivity index (χ0) is 14.1. The van der Waals surface area contributed by atoms with Gasteiger partial charge in [0, 0.05) is 0 Å². The predicted molar refractivity (Wildman–Crippen MR) is 90.8 cm³/mol. The Balaban J connectivity index is 0.000000960. The summed E-state index contributed by atoms with van der Waals surface area (Å²) in [5, 5.41) is 2.67.